The molecule has 1 fully saturated rings. The zero-order valence-corrected chi connectivity index (χ0v) is 13.4. The number of carbonyl (C=O) groups is 2. The van der Waals surface area contributed by atoms with E-state index in [2.05, 4.69) is 0 Å². The molecule has 4 heteroatoms. The molecule has 4 nitrogen and oxygen atoms in total. The number of anilines is 2. The average molecular weight is 300 g/mol. The van der Waals surface area contributed by atoms with Crippen LogP contribution in [0.5, 0.6) is 0 Å². The van der Waals surface area contributed by atoms with Crippen molar-refractivity contribution in [3.05, 3.63) is 24.3 Å². The van der Waals surface area contributed by atoms with Gasteiger partial charge < -0.3 is 9.80 Å². The van der Waals surface area contributed by atoms with Crippen molar-refractivity contribution < 1.29 is 9.59 Å². The second kappa shape index (κ2) is 6.11. The van der Waals surface area contributed by atoms with Crippen LogP contribution in [0.2, 0.25) is 0 Å². The summed E-state index contributed by atoms with van der Waals surface area (Å²) in [5, 5.41) is 0. The number of fused-ring (bicyclic) bond motifs is 1. The van der Waals surface area contributed by atoms with E-state index >= 15 is 0 Å². The number of benzene rings is 1. The van der Waals surface area contributed by atoms with Crippen LogP contribution in [0, 0.1) is 5.92 Å². The summed E-state index contributed by atoms with van der Waals surface area (Å²) in [4.78, 5) is 28.4. The predicted molar refractivity (Wildman–Crippen MR) is 88.0 cm³/mol. The summed E-state index contributed by atoms with van der Waals surface area (Å²) in [5.41, 5.74) is 1.73. The van der Waals surface area contributed by atoms with Gasteiger partial charge in [-0.1, -0.05) is 25.0 Å². The molecule has 1 aliphatic heterocycles. The lowest BCUT2D eigenvalue weighted by Gasteiger charge is -2.41. The molecule has 1 atom stereocenters. The first-order valence-corrected chi connectivity index (χ1v) is 8.27. The first kappa shape index (κ1) is 15.1. The van der Waals surface area contributed by atoms with Crippen LogP contribution in [-0.4, -0.2) is 24.4 Å². The lowest BCUT2D eigenvalue weighted by molar-refractivity contribution is -0.120. The first-order chi connectivity index (χ1) is 10.6. The summed E-state index contributed by atoms with van der Waals surface area (Å²) in [6.45, 7) is 4.18. The van der Waals surface area contributed by atoms with E-state index in [1.807, 2.05) is 36.1 Å². The molecule has 1 heterocycles. The van der Waals surface area contributed by atoms with Crippen molar-refractivity contribution in [3.63, 3.8) is 0 Å². The van der Waals surface area contributed by atoms with E-state index in [-0.39, 0.29) is 17.9 Å². The van der Waals surface area contributed by atoms with Gasteiger partial charge in [-0.15, -0.1) is 0 Å². The third-order valence-electron chi connectivity index (χ3n) is 4.90. The van der Waals surface area contributed by atoms with Gasteiger partial charge in [-0.25, -0.2) is 0 Å². The molecule has 118 valence electrons. The Morgan fingerprint density at radius 1 is 1.14 bits per heavy atom. The number of nitrogens with zero attached hydrogens (tertiary/aromatic N) is 2. The zero-order chi connectivity index (χ0) is 15.7. The Hall–Kier alpha value is -1.84. The van der Waals surface area contributed by atoms with Gasteiger partial charge in [0, 0.05) is 19.9 Å². The van der Waals surface area contributed by atoms with Gasteiger partial charge in [0.25, 0.3) is 0 Å². The molecule has 0 bridgehead atoms. The lowest BCUT2D eigenvalue weighted by Crippen LogP contribution is -2.51. The third-order valence-corrected chi connectivity index (χ3v) is 4.90. The zero-order valence-electron chi connectivity index (χ0n) is 13.4. The molecule has 0 aromatic heterocycles. The van der Waals surface area contributed by atoms with Crippen LogP contribution >= 0.6 is 0 Å². The summed E-state index contributed by atoms with van der Waals surface area (Å²) in [6.07, 6.45) is 5.50. The number of amides is 2. The molecule has 2 aliphatic rings. The van der Waals surface area contributed by atoms with Crippen LogP contribution in [0.1, 0.15) is 46.0 Å². The Balaban J connectivity index is 1.87. The summed E-state index contributed by atoms with van der Waals surface area (Å²) < 4.78 is 0. The second-order valence-electron chi connectivity index (χ2n) is 6.59. The monoisotopic (exact) mass is 300 g/mol. The highest BCUT2D eigenvalue weighted by molar-refractivity contribution is 6.03. The molecule has 22 heavy (non-hydrogen) atoms. The van der Waals surface area contributed by atoms with Crippen molar-refractivity contribution in [1.29, 1.82) is 0 Å². The van der Waals surface area contributed by atoms with Crippen LogP contribution in [-0.2, 0) is 9.59 Å². The molecular formula is C18H24N2O2. The van der Waals surface area contributed by atoms with Crippen molar-refractivity contribution in [1.82, 2.24) is 0 Å². The Bertz CT molecular complexity index is 578. The molecule has 0 spiro atoms. The van der Waals surface area contributed by atoms with Gasteiger partial charge >= 0.3 is 0 Å². The van der Waals surface area contributed by atoms with E-state index in [4.69, 9.17) is 0 Å². The van der Waals surface area contributed by atoms with E-state index in [1.165, 1.54) is 25.7 Å². The number of hydrogen-bond acceptors (Lipinski definition) is 2. The minimum Gasteiger partial charge on any atom is -0.308 e. The van der Waals surface area contributed by atoms with Gasteiger partial charge in [0.2, 0.25) is 11.8 Å². The third kappa shape index (κ3) is 2.74. The van der Waals surface area contributed by atoms with Crippen LogP contribution in [0.3, 0.4) is 0 Å². The molecule has 1 aromatic rings. The van der Waals surface area contributed by atoms with E-state index in [1.54, 1.807) is 11.8 Å². The Labute approximate surface area is 132 Å². The highest BCUT2D eigenvalue weighted by atomic mass is 16.2. The fraction of sp³-hybridized carbons (Fsp3) is 0.556. The average Bonchev–Trinajstić information content (AvgIpc) is 2.98. The molecular weight excluding hydrogens is 276 g/mol. The number of rotatable bonds is 2. The van der Waals surface area contributed by atoms with E-state index in [0.29, 0.717) is 18.9 Å². The van der Waals surface area contributed by atoms with Gasteiger partial charge in [0.1, 0.15) is 0 Å². The van der Waals surface area contributed by atoms with Crippen molar-refractivity contribution in [2.45, 2.75) is 52.0 Å². The smallest absolute Gasteiger partial charge is 0.227 e. The molecule has 0 saturated heterocycles. The summed E-state index contributed by atoms with van der Waals surface area (Å²) in [7, 11) is 0. The van der Waals surface area contributed by atoms with Crippen LogP contribution < -0.4 is 9.80 Å². The van der Waals surface area contributed by atoms with E-state index in [9.17, 15) is 9.59 Å². The Morgan fingerprint density at radius 3 is 2.41 bits per heavy atom. The minimum atomic E-state index is 0.0138. The standard InChI is InChI=1S/C18H24N2O2/c1-13-12-19(18(22)11-15-7-3-4-8-15)16-9-5-6-10-17(16)20(13)14(2)21/h5-6,9-10,13,15H,3-4,7-8,11-12H2,1-2H3/t13-/m0/s1. The first-order valence-electron chi connectivity index (χ1n) is 8.27. The molecule has 3 rings (SSSR count). The number of para-hydroxylation sites is 2. The van der Waals surface area contributed by atoms with E-state index in [0.717, 1.165) is 11.4 Å². The maximum Gasteiger partial charge on any atom is 0.227 e. The highest BCUT2D eigenvalue weighted by Crippen LogP contribution is 2.37. The van der Waals surface area contributed by atoms with Gasteiger partial charge in [-0.2, -0.15) is 0 Å². The van der Waals surface area contributed by atoms with Gasteiger partial charge in [-0.05, 0) is 37.8 Å². The van der Waals surface area contributed by atoms with Crippen molar-refractivity contribution in [2.75, 3.05) is 16.3 Å². The summed E-state index contributed by atoms with van der Waals surface area (Å²) >= 11 is 0. The van der Waals surface area contributed by atoms with Crippen molar-refractivity contribution >= 4 is 23.2 Å². The topological polar surface area (TPSA) is 40.6 Å². The van der Waals surface area contributed by atoms with Crippen molar-refractivity contribution in [2.24, 2.45) is 5.92 Å². The number of hydrogen-bond donors (Lipinski definition) is 0. The van der Waals surface area contributed by atoms with Gasteiger partial charge in [-0.3, -0.25) is 9.59 Å². The lowest BCUT2D eigenvalue weighted by atomic mass is 10.0. The number of carbonyl (C=O) groups excluding carboxylic acids is 2. The highest BCUT2D eigenvalue weighted by Gasteiger charge is 2.34. The molecule has 0 unspecified atom stereocenters. The van der Waals surface area contributed by atoms with Gasteiger partial charge in [0.05, 0.1) is 17.4 Å². The maximum atomic E-state index is 12.8. The minimum absolute atomic E-state index is 0.0138. The van der Waals surface area contributed by atoms with Crippen LogP contribution in [0.15, 0.2) is 24.3 Å². The van der Waals surface area contributed by atoms with Crippen LogP contribution in [0.4, 0.5) is 11.4 Å². The normalized spacial score (nSPS) is 21.8. The predicted octanol–water partition coefficient (Wildman–Crippen LogP) is 3.35. The van der Waals surface area contributed by atoms with Crippen molar-refractivity contribution in [3.8, 4) is 0 Å². The second-order valence-corrected chi connectivity index (χ2v) is 6.59. The molecule has 0 radical (unpaired) electrons. The fourth-order valence-electron chi connectivity index (χ4n) is 3.87. The molecule has 1 aromatic carbocycles. The molecule has 1 saturated carbocycles. The molecule has 2 amide bonds. The molecule has 1 aliphatic carbocycles. The largest absolute Gasteiger partial charge is 0.308 e. The SMILES string of the molecule is CC(=O)N1c2ccccc2N(C(=O)CC2CCCC2)C[C@@H]1C. The fourth-order valence-corrected chi connectivity index (χ4v) is 3.87. The summed E-state index contributed by atoms with van der Waals surface area (Å²) in [6, 6.07) is 7.75. The van der Waals surface area contributed by atoms with Gasteiger partial charge in [0.15, 0.2) is 0 Å². The Kier molecular flexibility index (Phi) is 4.19. The maximum absolute atomic E-state index is 12.8. The quantitative estimate of drug-likeness (QED) is 0.840. The summed E-state index contributed by atoms with van der Waals surface area (Å²) in [5.74, 6) is 0.776. The van der Waals surface area contributed by atoms with Crippen LogP contribution in [0.25, 0.3) is 0 Å². The molecule has 0 N–H and O–H groups in total. The Morgan fingerprint density at radius 2 is 1.77 bits per heavy atom. The van der Waals surface area contributed by atoms with E-state index < -0.39 is 0 Å².